The van der Waals surface area contributed by atoms with Gasteiger partial charge in [0.05, 0.1) is 5.69 Å². The van der Waals surface area contributed by atoms with Crippen LogP contribution in [0.15, 0.2) is 36.4 Å². The predicted molar refractivity (Wildman–Crippen MR) is 121 cm³/mol. The molecule has 7 heteroatoms. The minimum atomic E-state index is -0.0771. The third-order valence-electron chi connectivity index (χ3n) is 6.02. The van der Waals surface area contributed by atoms with Crippen LogP contribution in [0.25, 0.3) is 11.3 Å². The normalized spacial score (nSPS) is 16.5. The molecule has 0 radical (unpaired) electrons. The summed E-state index contributed by atoms with van der Waals surface area (Å²) in [7, 11) is 0. The highest BCUT2D eigenvalue weighted by Gasteiger charge is 2.36. The molecular weight excluding hydrogens is 390 g/mol. The van der Waals surface area contributed by atoms with Crippen molar-refractivity contribution >= 4 is 17.6 Å². The van der Waals surface area contributed by atoms with Crippen molar-refractivity contribution in [1.82, 2.24) is 20.0 Å². The fraction of sp³-hybridized carbons (Fsp3) is 0.500. The van der Waals surface area contributed by atoms with Crippen LogP contribution in [0.5, 0.6) is 0 Å². The molecule has 1 saturated heterocycles. The van der Waals surface area contributed by atoms with Crippen LogP contribution in [0.2, 0.25) is 0 Å². The molecule has 2 aromatic rings. The number of amides is 2. The van der Waals surface area contributed by atoms with Crippen LogP contribution in [-0.4, -0.2) is 70.6 Å². The highest BCUT2D eigenvalue weighted by atomic mass is 16.2. The Hall–Kier alpha value is -2.96. The third kappa shape index (κ3) is 5.03. The predicted octanol–water partition coefficient (Wildman–Crippen LogP) is 2.75. The number of aryl methyl sites for hydroxylation is 1. The molecule has 1 aliphatic carbocycles. The van der Waals surface area contributed by atoms with Gasteiger partial charge in [-0.15, -0.1) is 10.2 Å². The van der Waals surface area contributed by atoms with Crippen LogP contribution in [0.3, 0.4) is 0 Å². The van der Waals surface area contributed by atoms with Crippen molar-refractivity contribution in [2.45, 2.75) is 39.7 Å². The summed E-state index contributed by atoms with van der Waals surface area (Å²) in [6.45, 7) is 8.75. The van der Waals surface area contributed by atoms with Gasteiger partial charge < -0.3 is 14.7 Å². The first kappa shape index (κ1) is 21.3. The Labute approximate surface area is 184 Å². The largest absolute Gasteiger partial charge is 0.352 e. The van der Waals surface area contributed by atoms with Gasteiger partial charge in [-0.05, 0) is 31.9 Å². The molecule has 0 unspecified atom stereocenters. The van der Waals surface area contributed by atoms with E-state index >= 15 is 0 Å². The Balaban J connectivity index is 1.32. The van der Waals surface area contributed by atoms with Gasteiger partial charge in [0.25, 0.3) is 0 Å². The summed E-state index contributed by atoms with van der Waals surface area (Å²) in [6.07, 6.45) is 2.02. The van der Waals surface area contributed by atoms with Crippen LogP contribution in [0, 0.1) is 12.8 Å². The van der Waals surface area contributed by atoms with Gasteiger partial charge in [-0.25, -0.2) is 0 Å². The van der Waals surface area contributed by atoms with Gasteiger partial charge in [-0.1, -0.05) is 43.7 Å². The number of benzene rings is 1. The number of piperazine rings is 1. The zero-order valence-corrected chi connectivity index (χ0v) is 18.6. The maximum absolute atomic E-state index is 12.8. The minimum absolute atomic E-state index is 0.0429. The molecule has 31 heavy (non-hydrogen) atoms. The van der Waals surface area contributed by atoms with E-state index in [9.17, 15) is 9.59 Å². The van der Waals surface area contributed by atoms with Crippen molar-refractivity contribution in [3.8, 4) is 11.3 Å². The number of hydrogen-bond donors (Lipinski definition) is 0. The second kappa shape index (κ2) is 9.04. The molecule has 4 rings (SSSR count). The van der Waals surface area contributed by atoms with Crippen molar-refractivity contribution < 1.29 is 9.59 Å². The van der Waals surface area contributed by atoms with E-state index in [-0.39, 0.29) is 30.3 Å². The Morgan fingerprint density at radius 3 is 2.23 bits per heavy atom. The van der Waals surface area contributed by atoms with E-state index < -0.39 is 0 Å². The first-order valence-corrected chi connectivity index (χ1v) is 11.2. The molecule has 0 N–H and O–H groups in total. The monoisotopic (exact) mass is 421 g/mol. The second-order valence-electron chi connectivity index (χ2n) is 8.86. The minimum Gasteiger partial charge on any atom is -0.352 e. The Morgan fingerprint density at radius 2 is 1.68 bits per heavy atom. The number of hydrogen-bond acceptors (Lipinski definition) is 5. The fourth-order valence-electron chi connectivity index (χ4n) is 3.91. The lowest BCUT2D eigenvalue weighted by Crippen LogP contribution is -2.52. The molecule has 1 saturated carbocycles. The van der Waals surface area contributed by atoms with Crippen molar-refractivity contribution in [2.75, 3.05) is 37.6 Å². The van der Waals surface area contributed by atoms with Gasteiger partial charge in [0.15, 0.2) is 5.82 Å². The van der Waals surface area contributed by atoms with E-state index in [1.807, 2.05) is 30.9 Å². The zero-order valence-electron chi connectivity index (χ0n) is 18.6. The Bertz CT molecular complexity index is 914. The molecule has 0 bridgehead atoms. The van der Waals surface area contributed by atoms with Gasteiger partial charge in [0.1, 0.15) is 6.54 Å². The summed E-state index contributed by atoms with van der Waals surface area (Å²) in [5, 5.41) is 8.81. The summed E-state index contributed by atoms with van der Waals surface area (Å²) in [5.41, 5.74) is 3.12. The average Bonchev–Trinajstić information content (AvgIpc) is 3.63. The quantitative estimate of drug-likeness (QED) is 0.717. The number of aromatic nitrogens is 2. The average molecular weight is 422 g/mol. The molecule has 0 atom stereocenters. The van der Waals surface area contributed by atoms with E-state index in [2.05, 4.69) is 46.3 Å². The Kier molecular flexibility index (Phi) is 6.20. The molecular formula is C24H31N5O2. The van der Waals surface area contributed by atoms with Crippen molar-refractivity contribution in [2.24, 2.45) is 5.92 Å². The molecule has 2 fully saturated rings. The lowest BCUT2D eigenvalue weighted by molar-refractivity contribution is -0.143. The molecule has 2 amide bonds. The summed E-state index contributed by atoms with van der Waals surface area (Å²) in [4.78, 5) is 31.1. The van der Waals surface area contributed by atoms with E-state index in [4.69, 9.17) is 0 Å². The number of carbonyl (C=O) groups is 2. The topological polar surface area (TPSA) is 69.6 Å². The van der Waals surface area contributed by atoms with Crippen LogP contribution < -0.4 is 4.90 Å². The first-order valence-electron chi connectivity index (χ1n) is 11.2. The van der Waals surface area contributed by atoms with Gasteiger partial charge >= 0.3 is 0 Å². The summed E-state index contributed by atoms with van der Waals surface area (Å²) >= 11 is 0. The molecule has 2 heterocycles. The van der Waals surface area contributed by atoms with Crippen molar-refractivity contribution in [3.05, 3.63) is 42.0 Å². The smallest absolute Gasteiger partial charge is 0.242 e. The molecule has 1 aromatic carbocycles. The second-order valence-corrected chi connectivity index (χ2v) is 8.86. The molecule has 7 nitrogen and oxygen atoms in total. The molecule has 0 spiro atoms. The maximum atomic E-state index is 12.8. The number of anilines is 1. The SMILES string of the molecule is Cc1ccc(-c2ccc(N3CCN(C(=O)CN(C(=O)C(C)C)C4CC4)CC3)nn2)cc1. The molecule has 2 aliphatic rings. The molecule has 1 aliphatic heterocycles. The summed E-state index contributed by atoms with van der Waals surface area (Å²) < 4.78 is 0. The number of nitrogens with zero attached hydrogens (tertiary/aromatic N) is 5. The van der Waals surface area contributed by atoms with Gasteiger partial charge in [0.2, 0.25) is 11.8 Å². The standard InChI is InChI=1S/C24H31N5O2/c1-17(2)24(31)29(20-8-9-20)16-23(30)28-14-12-27(13-15-28)22-11-10-21(25-26-22)19-6-4-18(3)5-7-19/h4-7,10-11,17,20H,8-9,12-16H2,1-3H3. The van der Waals surface area contributed by atoms with E-state index in [1.54, 1.807) is 4.90 Å². The summed E-state index contributed by atoms with van der Waals surface area (Å²) in [5.74, 6) is 0.879. The van der Waals surface area contributed by atoms with Gasteiger partial charge in [-0.3, -0.25) is 9.59 Å². The number of rotatable bonds is 6. The Morgan fingerprint density at radius 1 is 1.00 bits per heavy atom. The lowest BCUT2D eigenvalue weighted by Gasteiger charge is -2.36. The van der Waals surface area contributed by atoms with Crippen molar-refractivity contribution in [1.29, 1.82) is 0 Å². The van der Waals surface area contributed by atoms with Crippen LogP contribution >= 0.6 is 0 Å². The van der Waals surface area contributed by atoms with Crippen LogP contribution in [0.1, 0.15) is 32.3 Å². The lowest BCUT2D eigenvalue weighted by atomic mass is 10.1. The fourth-order valence-corrected chi connectivity index (χ4v) is 3.91. The summed E-state index contributed by atoms with van der Waals surface area (Å²) in [6, 6.07) is 12.5. The van der Waals surface area contributed by atoms with Crippen molar-refractivity contribution in [3.63, 3.8) is 0 Å². The maximum Gasteiger partial charge on any atom is 0.242 e. The van der Waals surface area contributed by atoms with Crippen LogP contribution in [-0.2, 0) is 9.59 Å². The van der Waals surface area contributed by atoms with E-state index in [1.165, 1.54) is 5.56 Å². The first-order chi connectivity index (χ1) is 14.9. The zero-order chi connectivity index (χ0) is 22.0. The van der Waals surface area contributed by atoms with Crippen LogP contribution in [0.4, 0.5) is 5.82 Å². The molecule has 164 valence electrons. The third-order valence-corrected chi connectivity index (χ3v) is 6.02. The van der Waals surface area contributed by atoms with E-state index in [0.29, 0.717) is 26.2 Å². The highest BCUT2D eigenvalue weighted by molar-refractivity contribution is 5.86. The van der Waals surface area contributed by atoms with Gasteiger partial charge in [0, 0.05) is 43.7 Å². The van der Waals surface area contributed by atoms with Gasteiger partial charge in [-0.2, -0.15) is 0 Å². The highest BCUT2D eigenvalue weighted by Crippen LogP contribution is 2.28. The number of carbonyl (C=O) groups excluding carboxylic acids is 2. The van der Waals surface area contributed by atoms with E-state index in [0.717, 1.165) is 29.9 Å². The molecule has 1 aromatic heterocycles.